The average Bonchev–Trinajstić information content (AvgIpc) is 2.37. The van der Waals surface area contributed by atoms with Crippen LogP contribution in [0.15, 0.2) is 40.8 Å². The summed E-state index contributed by atoms with van der Waals surface area (Å²) in [5.41, 5.74) is 0. The van der Waals surface area contributed by atoms with Gasteiger partial charge in [-0.3, -0.25) is 4.79 Å². The van der Waals surface area contributed by atoms with Gasteiger partial charge in [-0.05, 0) is 24.3 Å². The Hall–Kier alpha value is -1.57. The molecule has 0 aliphatic heterocycles. The molecule has 1 aromatic carbocycles. The van der Waals surface area contributed by atoms with Gasteiger partial charge in [0.15, 0.2) is 0 Å². The Balaban J connectivity index is 2.65. The molecule has 0 bridgehead atoms. The van der Waals surface area contributed by atoms with Crippen molar-refractivity contribution >= 4 is 27.6 Å². The topological polar surface area (TPSA) is 92.7 Å². The van der Waals surface area contributed by atoms with Crippen LogP contribution in [0.5, 0.6) is 5.75 Å². The third-order valence-electron chi connectivity index (χ3n) is 2.17. The molecule has 0 amide bonds. The summed E-state index contributed by atoms with van der Waals surface area (Å²) in [6.45, 7) is 3.35. The summed E-state index contributed by atoms with van der Waals surface area (Å²) in [6.07, 6.45) is -0.126. The monoisotopic (exact) mass is 319 g/mol. The van der Waals surface area contributed by atoms with Crippen LogP contribution < -0.4 is 9.46 Å². The van der Waals surface area contributed by atoms with Crippen molar-refractivity contribution in [3.63, 3.8) is 0 Å². The van der Waals surface area contributed by atoms with Crippen LogP contribution in [0.25, 0.3) is 0 Å². The van der Waals surface area contributed by atoms with E-state index < -0.39 is 16.0 Å². The summed E-state index contributed by atoms with van der Waals surface area (Å²) in [6, 6.07) is 5.61. The van der Waals surface area contributed by atoms with Gasteiger partial charge < -0.3 is 9.84 Å². The van der Waals surface area contributed by atoms with E-state index in [1.54, 1.807) is 0 Å². The van der Waals surface area contributed by atoms with Gasteiger partial charge >= 0.3 is 5.97 Å². The molecule has 1 rings (SSSR count). The van der Waals surface area contributed by atoms with Crippen molar-refractivity contribution < 1.29 is 23.1 Å². The Morgan fingerprint density at radius 3 is 2.45 bits per heavy atom. The molecule has 110 valence electrons. The maximum absolute atomic E-state index is 11.8. The lowest BCUT2D eigenvalue weighted by Crippen LogP contribution is -2.24. The summed E-state index contributed by atoms with van der Waals surface area (Å²) < 4.78 is 31.1. The molecule has 0 heterocycles. The Morgan fingerprint density at radius 1 is 1.35 bits per heavy atom. The summed E-state index contributed by atoms with van der Waals surface area (Å²) in [4.78, 5) is 10.4. The fourth-order valence-corrected chi connectivity index (χ4v) is 2.40. The number of halogens is 1. The van der Waals surface area contributed by atoms with Gasteiger partial charge in [0.2, 0.25) is 10.0 Å². The molecule has 0 fully saturated rings. The highest BCUT2D eigenvalue weighted by atomic mass is 35.5. The lowest BCUT2D eigenvalue weighted by atomic mass is 10.3. The van der Waals surface area contributed by atoms with Gasteiger partial charge in [0.05, 0.1) is 17.9 Å². The van der Waals surface area contributed by atoms with Crippen molar-refractivity contribution in [2.75, 3.05) is 13.2 Å². The maximum atomic E-state index is 11.8. The van der Waals surface area contributed by atoms with Crippen molar-refractivity contribution in [2.45, 2.75) is 11.3 Å². The van der Waals surface area contributed by atoms with Crippen LogP contribution in [-0.4, -0.2) is 32.6 Å². The first kappa shape index (κ1) is 16.5. The molecule has 0 aliphatic carbocycles. The molecular weight excluding hydrogens is 306 g/mol. The van der Waals surface area contributed by atoms with Gasteiger partial charge in [-0.1, -0.05) is 18.2 Å². The van der Waals surface area contributed by atoms with E-state index >= 15 is 0 Å². The zero-order valence-electron chi connectivity index (χ0n) is 10.5. The highest BCUT2D eigenvalue weighted by molar-refractivity contribution is 7.89. The number of hydrogen-bond donors (Lipinski definition) is 2. The Labute approximate surface area is 122 Å². The third kappa shape index (κ3) is 5.60. The Bertz CT molecular complexity index is 582. The molecule has 0 spiro atoms. The third-order valence-corrected chi connectivity index (χ3v) is 3.72. The molecule has 2 N–H and O–H groups in total. The van der Waals surface area contributed by atoms with Crippen LogP contribution in [-0.2, 0) is 14.8 Å². The van der Waals surface area contributed by atoms with E-state index in [9.17, 15) is 13.2 Å². The van der Waals surface area contributed by atoms with Crippen molar-refractivity contribution in [1.82, 2.24) is 4.72 Å². The molecule has 0 atom stereocenters. The minimum Gasteiger partial charge on any atom is -0.493 e. The van der Waals surface area contributed by atoms with E-state index in [1.165, 1.54) is 24.3 Å². The van der Waals surface area contributed by atoms with E-state index in [-0.39, 0.29) is 29.5 Å². The van der Waals surface area contributed by atoms with Crippen LogP contribution >= 0.6 is 11.6 Å². The predicted molar refractivity (Wildman–Crippen MR) is 74.4 cm³/mol. The predicted octanol–water partition coefficient (Wildman–Crippen LogP) is 1.57. The van der Waals surface area contributed by atoms with Gasteiger partial charge in [-0.2, -0.15) is 0 Å². The molecule has 1 aromatic rings. The molecule has 0 aliphatic rings. The summed E-state index contributed by atoms with van der Waals surface area (Å²) in [5, 5.41) is 8.64. The van der Waals surface area contributed by atoms with Crippen LogP contribution in [0, 0.1) is 0 Å². The number of aliphatic carboxylic acids is 1. The smallest absolute Gasteiger partial charge is 0.306 e. The lowest BCUT2D eigenvalue weighted by molar-refractivity contribution is -0.137. The van der Waals surface area contributed by atoms with Crippen molar-refractivity contribution in [1.29, 1.82) is 0 Å². The molecule has 6 nitrogen and oxygen atoms in total. The minimum atomic E-state index is -3.65. The molecule has 0 aromatic heterocycles. The molecule has 0 saturated carbocycles. The number of rotatable bonds is 8. The minimum absolute atomic E-state index is 0.0196. The standard InChI is InChI=1S/C12H14ClNO5S/c1-9(13)8-14-20(17,18)11-4-2-10(3-5-11)19-7-6-12(15)16/h2-5,14H,1,6-8H2,(H,15,16). The first-order chi connectivity index (χ1) is 9.31. The highest BCUT2D eigenvalue weighted by Crippen LogP contribution is 2.16. The van der Waals surface area contributed by atoms with Crippen LogP contribution in [0.4, 0.5) is 0 Å². The summed E-state index contributed by atoms with van der Waals surface area (Å²) in [5.74, 6) is -0.568. The van der Waals surface area contributed by atoms with Crippen LogP contribution in [0.3, 0.4) is 0 Å². The fourth-order valence-electron chi connectivity index (χ4n) is 1.23. The van der Waals surface area contributed by atoms with E-state index in [2.05, 4.69) is 11.3 Å². The first-order valence-corrected chi connectivity index (χ1v) is 7.45. The molecule has 8 heteroatoms. The van der Waals surface area contributed by atoms with E-state index in [1.807, 2.05) is 0 Å². The van der Waals surface area contributed by atoms with Gasteiger partial charge in [0.1, 0.15) is 5.75 Å². The van der Waals surface area contributed by atoms with E-state index in [0.29, 0.717) is 5.75 Å². The number of carbonyl (C=O) groups is 1. The molecule has 20 heavy (non-hydrogen) atoms. The number of ether oxygens (including phenoxy) is 1. The summed E-state index contributed by atoms with van der Waals surface area (Å²) >= 11 is 5.49. The second-order valence-corrected chi connectivity index (χ2v) is 6.11. The summed E-state index contributed by atoms with van der Waals surface area (Å²) in [7, 11) is -3.65. The van der Waals surface area contributed by atoms with Gasteiger partial charge in [0, 0.05) is 11.6 Å². The maximum Gasteiger partial charge on any atom is 0.306 e. The van der Waals surface area contributed by atoms with Crippen LogP contribution in [0.1, 0.15) is 6.42 Å². The van der Waals surface area contributed by atoms with Crippen LogP contribution in [0.2, 0.25) is 0 Å². The highest BCUT2D eigenvalue weighted by Gasteiger charge is 2.13. The Kier molecular flexibility index (Phi) is 6.00. The van der Waals surface area contributed by atoms with E-state index in [4.69, 9.17) is 21.4 Å². The van der Waals surface area contributed by atoms with Crippen molar-refractivity contribution in [3.8, 4) is 5.75 Å². The SMILES string of the molecule is C=C(Cl)CNS(=O)(=O)c1ccc(OCCC(=O)O)cc1. The number of hydrogen-bond acceptors (Lipinski definition) is 4. The lowest BCUT2D eigenvalue weighted by Gasteiger charge is -2.08. The first-order valence-electron chi connectivity index (χ1n) is 5.59. The number of carboxylic acids is 1. The van der Waals surface area contributed by atoms with Crippen molar-refractivity contribution in [2.24, 2.45) is 0 Å². The second kappa shape index (κ2) is 7.28. The number of sulfonamides is 1. The second-order valence-electron chi connectivity index (χ2n) is 3.81. The van der Waals surface area contributed by atoms with Gasteiger partial charge in [-0.15, -0.1) is 0 Å². The van der Waals surface area contributed by atoms with Gasteiger partial charge in [0.25, 0.3) is 0 Å². The largest absolute Gasteiger partial charge is 0.493 e. The normalized spacial score (nSPS) is 11.1. The molecule has 0 saturated heterocycles. The zero-order valence-corrected chi connectivity index (χ0v) is 12.1. The molecule has 0 unspecified atom stereocenters. The average molecular weight is 320 g/mol. The Morgan fingerprint density at radius 2 is 1.95 bits per heavy atom. The quantitative estimate of drug-likeness (QED) is 0.758. The molecular formula is C12H14ClNO5S. The number of nitrogens with one attached hydrogen (secondary N) is 1. The number of benzene rings is 1. The zero-order chi connectivity index (χ0) is 15.2. The number of carboxylic acid groups (broad SMARTS) is 1. The van der Waals surface area contributed by atoms with Crippen molar-refractivity contribution in [3.05, 3.63) is 35.9 Å². The van der Waals surface area contributed by atoms with Gasteiger partial charge in [-0.25, -0.2) is 13.1 Å². The van der Waals surface area contributed by atoms with E-state index in [0.717, 1.165) is 0 Å². The fraction of sp³-hybridized carbons (Fsp3) is 0.250. The molecule has 0 radical (unpaired) electrons.